The van der Waals surface area contributed by atoms with E-state index in [0.717, 1.165) is 11.1 Å². The zero-order valence-corrected chi connectivity index (χ0v) is 13.7. The van der Waals surface area contributed by atoms with Crippen LogP contribution in [0.5, 0.6) is 5.88 Å². The van der Waals surface area contributed by atoms with E-state index in [9.17, 15) is 9.50 Å². The molecule has 0 amide bonds. The lowest BCUT2D eigenvalue weighted by atomic mass is 10.2. The minimum atomic E-state index is -0.276. The highest BCUT2D eigenvalue weighted by molar-refractivity contribution is 5.68. The summed E-state index contributed by atoms with van der Waals surface area (Å²) in [6.45, 7) is 5.65. The average molecular weight is 329 g/mol. The fraction of sp³-hybridized carbons (Fsp3) is 0.333. The summed E-state index contributed by atoms with van der Waals surface area (Å²) in [5, 5.41) is 10.2. The van der Waals surface area contributed by atoms with Gasteiger partial charge < -0.3 is 9.84 Å². The molecule has 0 saturated heterocycles. The summed E-state index contributed by atoms with van der Waals surface area (Å²) in [4.78, 5) is 10.5. The molecule has 1 aromatic heterocycles. The van der Waals surface area contributed by atoms with Crippen LogP contribution in [-0.2, 0) is 6.61 Å². The van der Waals surface area contributed by atoms with Gasteiger partial charge in [0.2, 0.25) is 5.88 Å². The molecule has 0 atom stereocenters. The number of hydrogen-bond donors (Lipinski definition) is 1. The van der Waals surface area contributed by atoms with E-state index < -0.39 is 0 Å². The van der Waals surface area contributed by atoms with Crippen LogP contribution in [0.25, 0.3) is 5.57 Å². The van der Waals surface area contributed by atoms with Crippen molar-refractivity contribution >= 4 is 5.57 Å². The molecule has 3 rings (SSSR count). The van der Waals surface area contributed by atoms with Gasteiger partial charge in [0.25, 0.3) is 0 Å². The number of aliphatic hydroxyl groups excluding tert-OH is 1. The largest absolute Gasteiger partial charge is 0.511 e. The van der Waals surface area contributed by atoms with Crippen molar-refractivity contribution in [1.29, 1.82) is 0 Å². The first-order valence-electron chi connectivity index (χ1n) is 7.87. The zero-order chi connectivity index (χ0) is 17.1. The van der Waals surface area contributed by atoms with E-state index in [2.05, 4.69) is 28.7 Å². The van der Waals surface area contributed by atoms with Gasteiger partial charge in [0.1, 0.15) is 24.5 Å². The zero-order valence-electron chi connectivity index (χ0n) is 13.7. The highest BCUT2D eigenvalue weighted by Crippen LogP contribution is 2.26. The summed E-state index contributed by atoms with van der Waals surface area (Å²) in [7, 11) is 0. The fourth-order valence-electron chi connectivity index (χ4n) is 2.55. The van der Waals surface area contributed by atoms with Gasteiger partial charge in [-0.25, -0.2) is 14.4 Å². The van der Waals surface area contributed by atoms with Gasteiger partial charge in [0.05, 0.1) is 12.2 Å². The number of aromatic nitrogens is 2. The monoisotopic (exact) mass is 329 g/mol. The molecule has 1 aliphatic heterocycles. The van der Waals surface area contributed by atoms with Gasteiger partial charge in [-0.15, -0.1) is 0 Å². The average Bonchev–Trinajstić information content (AvgIpc) is 2.97. The third-order valence-electron chi connectivity index (χ3n) is 4.04. The molecular formula is C18H20FN3O2. The number of halogens is 1. The van der Waals surface area contributed by atoms with E-state index in [0.29, 0.717) is 43.1 Å². The second-order valence-corrected chi connectivity index (χ2v) is 6.08. The topological polar surface area (TPSA) is 58.5 Å². The Kier molecular flexibility index (Phi) is 4.76. The Morgan fingerprint density at radius 2 is 1.96 bits per heavy atom. The normalized spacial score (nSPS) is 15.3. The van der Waals surface area contributed by atoms with Crippen LogP contribution in [0.1, 0.15) is 25.1 Å². The van der Waals surface area contributed by atoms with Crippen LogP contribution in [0.2, 0.25) is 0 Å². The van der Waals surface area contributed by atoms with Crippen LogP contribution in [0.15, 0.2) is 42.4 Å². The number of hydrogen-bond acceptors (Lipinski definition) is 5. The van der Waals surface area contributed by atoms with Gasteiger partial charge in [-0.05, 0) is 31.5 Å². The van der Waals surface area contributed by atoms with E-state index in [4.69, 9.17) is 4.74 Å². The van der Waals surface area contributed by atoms with Crippen molar-refractivity contribution in [2.24, 2.45) is 0 Å². The van der Waals surface area contributed by atoms with E-state index in [1.54, 1.807) is 18.2 Å². The Labute approximate surface area is 140 Å². The first kappa shape index (κ1) is 16.4. The minimum Gasteiger partial charge on any atom is -0.511 e. The summed E-state index contributed by atoms with van der Waals surface area (Å²) in [5.41, 5.74) is 2.32. The van der Waals surface area contributed by atoms with Crippen molar-refractivity contribution < 1.29 is 14.2 Å². The molecule has 24 heavy (non-hydrogen) atoms. The van der Waals surface area contributed by atoms with Gasteiger partial charge in [-0.3, -0.25) is 4.90 Å². The lowest BCUT2D eigenvalue weighted by Gasteiger charge is -2.19. The highest BCUT2D eigenvalue weighted by Gasteiger charge is 2.25. The number of benzene rings is 1. The predicted molar refractivity (Wildman–Crippen MR) is 89.0 cm³/mol. The van der Waals surface area contributed by atoms with Crippen LogP contribution in [-0.4, -0.2) is 39.1 Å². The summed E-state index contributed by atoms with van der Waals surface area (Å²) >= 11 is 0. The first-order chi connectivity index (χ1) is 11.5. The number of nitrogens with zero attached hydrogens (tertiary/aromatic N) is 3. The number of ether oxygens (including phenoxy) is 1. The fourth-order valence-corrected chi connectivity index (χ4v) is 2.55. The minimum absolute atomic E-state index is 0.276. The molecule has 1 N–H and O–H groups in total. The maximum Gasteiger partial charge on any atom is 0.217 e. The molecule has 0 fully saturated rings. The standard InChI is InChI=1S/C18H20FN3O2/c1-12(2)22-8-15(17(23)9-22)16-7-18(21-11-20-16)24-10-13-3-5-14(19)6-4-13/h3-7,11-12,23H,8-10H2,1-2H3. The van der Waals surface area contributed by atoms with E-state index in [1.165, 1.54) is 18.5 Å². The Bertz CT molecular complexity index is 744. The summed E-state index contributed by atoms with van der Waals surface area (Å²) < 4.78 is 18.6. The SMILES string of the molecule is CC(C)N1CC(O)=C(c2cc(OCc3ccc(F)cc3)ncn2)C1. The van der Waals surface area contributed by atoms with Crippen molar-refractivity contribution in [3.63, 3.8) is 0 Å². The second-order valence-electron chi connectivity index (χ2n) is 6.08. The molecule has 5 nitrogen and oxygen atoms in total. The molecule has 1 aliphatic rings. The summed E-state index contributed by atoms with van der Waals surface area (Å²) in [5.74, 6) is 0.487. The third kappa shape index (κ3) is 3.71. The molecule has 0 unspecified atom stereocenters. The van der Waals surface area contributed by atoms with E-state index >= 15 is 0 Å². The molecule has 1 aromatic carbocycles. The molecule has 6 heteroatoms. The van der Waals surface area contributed by atoms with Gasteiger partial charge in [0, 0.05) is 24.2 Å². The molecule has 2 aromatic rings. The van der Waals surface area contributed by atoms with Gasteiger partial charge in [-0.1, -0.05) is 12.1 Å². The maximum absolute atomic E-state index is 12.9. The number of rotatable bonds is 5. The number of aliphatic hydroxyl groups is 1. The van der Waals surface area contributed by atoms with Crippen molar-refractivity contribution in [3.8, 4) is 5.88 Å². The highest BCUT2D eigenvalue weighted by atomic mass is 19.1. The van der Waals surface area contributed by atoms with Crippen LogP contribution >= 0.6 is 0 Å². The molecule has 0 aliphatic carbocycles. The molecule has 2 heterocycles. The summed E-state index contributed by atoms with van der Waals surface area (Å²) in [6, 6.07) is 8.20. The smallest absolute Gasteiger partial charge is 0.217 e. The Morgan fingerprint density at radius 1 is 1.21 bits per heavy atom. The molecule has 0 radical (unpaired) electrons. The van der Waals surface area contributed by atoms with Gasteiger partial charge >= 0.3 is 0 Å². The van der Waals surface area contributed by atoms with Crippen molar-refractivity contribution in [2.45, 2.75) is 26.5 Å². The maximum atomic E-state index is 12.9. The van der Waals surface area contributed by atoms with Gasteiger partial charge in [0.15, 0.2) is 0 Å². The van der Waals surface area contributed by atoms with E-state index in [-0.39, 0.29) is 5.82 Å². The molecule has 0 bridgehead atoms. The van der Waals surface area contributed by atoms with Crippen molar-refractivity contribution in [1.82, 2.24) is 14.9 Å². The molecular weight excluding hydrogens is 309 g/mol. The quantitative estimate of drug-likeness (QED) is 0.913. The third-order valence-corrected chi connectivity index (χ3v) is 4.04. The lowest BCUT2D eigenvalue weighted by molar-refractivity contribution is 0.256. The summed E-state index contributed by atoms with van der Waals surface area (Å²) in [6.07, 6.45) is 1.42. The van der Waals surface area contributed by atoms with Crippen molar-refractivity contribution in [2.75, 3.05) is 13.1 Å². The van der Waals surface area contributed by atoms with Crippen LogP contribution < -0.4 is 4.74 Å². The first-order valence-corrected chi connectivity index (χ1v) is 7.87. The predicted octanol–water partition coefficient (Wildman–Crippen LogP) is 3.19. The Balaban J connectivity index is 1.70. The van der Waals surface area contributed by atoms with E-state index in [1.807, 2.05) is 0 Å². The van der Waals surface area contributed by atoms with Crippen LogP contribution in [0, 0.1) is 5.82 Å². The van der Waals surface area contributed by atoms with Crippen molar-refractivity contribution in [3.05, 3.63) is 59.5 Å². The lowest BCUT2D eigenvalue weighted by Crippen LogP contribution is -2.29. The van der Waals surface area contributed by atoms with Gasteiger partial charge in [-0.2, -0.15) is 0 Å². The van der Waals surface area contributed by atoms with Crippen LogP contribution in [0.4, 0.5) is 4.39 Å². The Morgan fingerprint density at radius 3 is 2.62 bits per heavy atom. The molecule has 0 saturated carbocycles. The molecule has 0 spiro atoms. The van der Waals surface area contributed by atoms with Crippen LogP contribution in [0.3, 0.4) is 0 Å². The Hall–Kier alpha value is -2.47. The second kappa shape index (κ2) is 6.97. The molecule has 126 valence electrons.